The van der Waals surface area contributed by atoms with Gasteiger partial charge in [-0.1, -0.05) is 60.7 Å². The van der Waals surface area contributed by atoms with Crippen molar-refractivity contribution in [3.05, 3.63) is 150 Å². The van der Waals surface area contributed by atoms with Crippen molar-refractivity contribution in [3.8, 4) is 11.3 Å². The zero-order valence-electron chi connectivity index (χ0n) is 22.4. The Morgan fingerprint density at radius 3 is 2.08 bits per heavy atom. The molecule has 40 heavy (non-hydrogen) atoms. The van der Waals surface area contributed by atoms with Gasteiger partial charge >= 0.3 is 0 Å². The Balaban J connectivity index is 0.000000157. The Kier molecular flexibility index (Phi) is 7.05. The van der Waals surface area contributed by atoms with E-state index in [1.54, 1.807) is 12.4 Å². The predicted molar refractivity (Wildman–Crippen MR) is 161 cm³/mol. The third-order valence-electron chi connectivity index (χ3n) is 6.69. The van der Waals surface area contributed by atoms with Crippen molar-refractivity contribution in [2.45, 2.75) is 20.4 Å². The van der Waals surface area contributed by atoms with Gasteiger partial charge in [0.2, 0.25) is 0 Å². The fourth-order valence-electron chi connectivity index (χ4n) is 4.61. The first kappa shape index (κ1) is 25.1. The van der Waals surface area contributed by atoms with E-state index in [9.17, 15) is 0 Å². The van der Waals surface area contributed by atoms with Crippen LogP contribution in [0.3, 0.4) is 0 Å². The van der Waals surface area contributed by atoms with Crippen molar-refractivity contribution in [3.63, 3.8) is 0 Å². The van der Waals surface area contributed by atoms with Crippen LogP contribution in [-0.4, -0.2) is 30.8 Å². The summed E-state index contributed by atoms with van der Waals surface area (Å²) in [4.78, 5) is 23.3. The van der Waals surface area contributed by atoms with Crippen molar-refractivity contribution in [2.75, 3.05) is 0 Å². The quantitative estimate of drug-likeness (QED) is 0.247. The second kappa shape index (κ2) is 11.3. The Morgan fingerprint density at radius 2 is 1.38 bits per heavy atom. The number of rotatable bonds is 3. The molecule has 194 valence electrons. The summed E-state index contributed by atoms with van der Waals surface area (Å²) in [7, 11) is 0. The van der Waals surface area contributed by atoms with Gasteiger partial charge in [0.25, 0.3) is 0 Å². The summed E-state index contributed by atoms with van der Waals surface area (Å²) in [6.07, 6.45) is 5.63. The van der Waals surface area contributed by atoms with Gasteiger partial charge in [0.05, 0.1) is 29.3 Å². The molecule has 7 rings (SSSR count). The first-order chi connectivity index (χ1) is 19.7. The van der Waals surface area contributed by atoms with E-state index in [4.69, 9.17) is 9.98 Å². The summed E-state index contributed by atoms with van der Waals surface area (Å²) in [5, 5.41) is 0. The van der Waals surface area contributed by atoms with E-state index < -0.39 is 0 Å². The van der Waals surface area contributed by atoms with E-state index in [0.717, 1.165) is 51.0 Å². The molecule has 0 spiro atoms. The number of hydrogen-bond donors (Lipinski definition) is 0. The zero-order valence-corrected chi connectivity index (χ0v) is 22.4. The van der Waals surface area contributed by atoms with Gasteiger partial charge in [-0.25, -0.2) is 9.98 Å². The number of benzene rings is 2. The van der Waals surface area contributed by atoms with Gasteiger partial charge in [0, 0.05) is 29.8 Å². The maximum Gasteiger partial charge on any atom is 0.137 e. The molecule has 0 bridgehead atoms. The molecule has 0 unspecified atom stereocenters. The minimum atomic E-state index is 0.585. The van der Waals surface area contributed by atoms with E-state index in [-0.39, 0.29) is 0 Å². The second-order valence-corrected chi connectivity index (χ2v) is 9.57. The zero-order chi connectivity index (χ0) is 27.3. The molecular weight excluding hydrogens is 492 g/mol. The highest BCUT2D eigenvalue weighted by molar-refractivity contribution is 6.53. The van der Waals surface area contributed by atoms with E-state index in [0.29, 0.717) is 6.54 Å². The topological polar surface area (TPSA) is 67.8 Å². The van der Waals surface area contributed by atoms with Gasteiger partial charge in [-0.2, -0.15) is 0 Å². The molecule has 0 amide bonds. The molecule has 1 aliphatic rings. The highest BCUT2D eigenvalue weighted by atomic mass is 15.0. The average molecular weight is 521 g/mol. The van der Waals surface area contributed by atoms with Gasteiger partial charge in [-0.05, 0) is 67.4 Å². The maximum absolute atomic E-state index is 4.91. The van der Waals surface area contributed by atoms with Gasteiger partial charge in [0.1, 0.15) is 17.1 Å². The summed E-state index contributed by atoms with van der Waals surface area (Å²) < 4.78 is 2.11. The molecule has 2 aromatic carbocycles. The summed E-state index contributed by atoms with van der Waals surface area (Å²) >= 11 is 0. The fourth-order valence-corrected chi connectivity index (χ4v) is 4.61. The number of fused-ring (bicyclic) bond motifs is 2. The van der Waals surface area contributed by atoms with Crippen LogP contribution < -0.4 is 0 Å². The standard InChI is InChI=1S/C20H16N4.C14H12N2/c1-14-8-9-15-13-23-19(16-6-2-4-10-21-16)20(24-18(15)12-14)17-7-3-5-11-22-17;1-11-6-5-9-14-15-13(10-16(11)14)12-7-3-2-4-8-12/h2-12H,13H2,1H3;2-10H,1H3. The molecule has 4 aromatic heterocycles. The number of nitrogens with zero attached hydrogens (tertiary/aromatic N) is 6. The number of pyridine rings is 3. The second-order valence-electron chi connectivity index (χ2n) is 9.57. The lowest BCUT2D eigenvalue weighted by molar-refractivity contribution is 1.07. The number of aliphatic imine (C=N–C) groups is 2. The third kappa shape index (κ3) is 5.33. The Labute approximate surface area is 233 Å². The Hall–Kier alpha value is -5.23. The number of aryl methyl sites for hydroxylation is 2. The number of hydrogen-bond acceptors (Lipinski definition) is 5. The molecule has 6 aromatic rings. The van der Waals surface area contributed by atoms with Crippen molar-refractivity contribution in [1.29, 1.82) is 0 Å². The molecule has 0 aliphatic carbocycles. The minimum absolute atomic E-state index is 0.585. The molecule has 5 heterocycles. The van der Waals surface area contributed by atoms with Crippen LogP contribution in [0, 0.1) is 13.8 Å². The fraction of sp³-hybridized carbons (Fsp3) is 0.0882. The molecule has 0 fully saturated rings. The van der Waals surface area contributed by atoms with Crippen LogP contribution in [-0.2, 0) is 6.54 Å². The van der Waals surface area contributed by atoms with Crippen molar-refractivity contribution < 1.29 is 0 Å². The van der Waals surface area contributed by atoms with Gasteiger partial charge in [0.15, 0.2) is 0 Å². The van der Waals surface area contributed by atoms with Gasteiger partial charge in [-0.15, -0.1) is 0 Å². The van der Waals surface area contributed by atoms with Crippen LogP contribution in [0.4, 0.5) is 5.69 Å². The summed E-state index contributed by atoms with van der Waals surface area (Å²) in [5.74, 6) is 0. The average Bonchev–Trinajstić information content (AvgIpc) is 3.36. The molecule has 0 radical (unpaired) electrons. The molecule has 6 nitrogen and oxygen atoms in total. The predicted octanol–water partition coefficient (Wildman–Crippen LogP) is 7.22. The smallest absolute Gasteiger partial charge is 0.137 e. The molecule has 0 atom stereocenters. The van der Waals surface area contributed by atoms with Crippen molar-refractivity contribution >= 4 is 22.8 Å². The lowest BCUT2D eigenvalue weighted by Crippen LogP contribution is -2.19. The van der Waals surface area contributed by atoms with Crippen LogP contribution in [0.1, 0.15) is 28.2 Å². The van der Waals surface area contributed by atoms with E-state index in [1.165, 1.54) is 11.3 Å². The highest BCUT2D eigenvalue weighted by Crippen LogP contribution is 2.26. The highest BCUT2D eigenvalue weighted by Gasteiger charge is 2.20. The van der Waals surface area contributed by atoms with E-state index in [2.05, 4.69) is 75.8 Å². The lowest BCUT2D eigenvalue weighted by atomic mass is 10.1. The Bertz CT molecular complexity index is 1820. The van der Waals surface area contributed by atoms with Crippen molar-refractivity contribution in [1.82, 2.24) is 19.4 Å². The molecule has 0 saturated heterocycles. The summed E-state index contributed by atoms with van der Waals surface area (Å²) in [6.45, 7) is 4.74. The molecule has 0 N–H and O–H groups in total. The molecule has 6 heteroatoms. The van der Waals surface area contributed by atoms with Crippen molar-refractivity contribution in [2.24, 2.45) is 9.98 Å². The summed E-state index contributed by atoms with van der Waals surface area (Å²) in [5.41, 5.74) is 10.8. The van der Waals surface area contributed by atoms with Crippen LogP contribution in [0.25, 0.3) is 16.9 Å². The molecular formula is C34H28N6. The number of imidazole rings is 1. The lowest BCUT2D eigenvalue weighted by Gasteiger charge is -2.08. The minimum Gasteiger partial charge on any atom is -0.304 e. The van der Waals surface area contributed by atoms with Gasteiger partial charge in [-0.3, -0.25) is 15.0 Å². The van der Waals surface area contributed by atoms with Crippen LogP contribution >= 0.6 is 0 Å². The largest absolute Gasteiger partial charge is 0.304 e. The van der Waals surface area contributed by atoms with E-state index in [1.807, 2.05) is 66.7 Å². The first-order valence-corrected chi connectivity index (χ1v) is 13.2. The first-order valence-electron chi connectivity index (χ1n) is 13.2. The SMILES string of the molecule is Cc1ccc2c(c1)N=C(c1ccccn1)C(c1ccccn1)=NC2.Cc1cccc2nc(-c3ccccc3)cn12. The summed E-state index contributed by atoms with van der Waals surface area (Å²) in [6, 6.07) is 34.3. The number of aromatic nitrogens is 4. The van der Waals surface area contributed by atoms with Crippen LogP contribution in [0.2, 0.25) is 0 Å². The van der Waals surface area contributed by atoms with Gasteiger partial charge < -0.3 is 4.40 Å². The molecule has 0 saturated carbocycles. The van der Waals surface area contributed by atoms with E-state index >= 15 is 0 Å². The normalized spacial score (nSPS) is 12.4. The Morgan fingerprint density at radius 1 is 0.650 bits per heavy atom. The van der Waals surface area contributed by atoms with Crippen LogP contribution in [0.15, 0.2) is 132 Å². The third-order valence-corrected chi connectivity index (χ3v) is 6.69. The van der Waals surface area contributed by atoms with Crippen LogP contribution in [0.5, 0.6) is 0 Å². The molecule has 1 aliphatic heterocycles. The maximum atomic E-state index is 4.91. The monoisotopic (exact) mass is 520 g/mol.